The number of rotatable bonds is 6. The lowest BCUT2D eigenvalue weighted by Crippen LogP contribution is -2.46. The van der Waals surface area contributed by atoms with Crippen molar-refractivity contribution < 1.29 is 27.7 Å². The summed E-state index contributed by atoms with van der Waals surface area (Å²) in [6.07, 6.45) is -0.706. The minimum atomic E-state index is -3.15. The van der Waals surface area contributed by atoms with Crippen molar-refractivity contribution in [2.24, 2.45) is 0 Å². The first-order valence-electron chi connectivity index (χ1n) is 9.01. The Morgan fingerprint density at radius 1 is 1.38 bits per heavy atom. The van der Waals surface area contributed by atoms with Gasteiger partial charge in [-0.15, -0.1) is 11.3 Å². The molecule has 1 aromatic carbocycles. The predicted octanol–water partition coefficient (Wildman–Crippen LogP) is 2.39. The van der Waals surface area contributed by atoms with E-state index in [4.69, 9.17) is 4.74 Å². The molecular formula is C18H20N2O7S2. The van der Waals surface area contributed by atoms with E-state index >= 15 is 0 Å². The standard InChI is InChI=1S/C18H20N2O7S2/c1-3-19(14-6-7-29(25,26)10-14)17(21)11(2)27-18(22)16-9-12-8-13(20(23)24)4-5-15(12)28-16/h4-5,8-9,11,14H,3,6-7,10H2,1-2H3. The van der Waals surface area contributed by atoms with Gasteiger partial charge in [0.2, 0.25) is 0 Å². The molecular weight excluding hydrogens is 420 g/mol. The van der Waals surface area contributed by atoms with Crippen LogP contribution in [0.3, 0.4) is 0 Å². The van der Waals surface area contributed by atoms with Gasteiger partial charge in [-0.3, -0.25) is 14.9 Å². The van der Waals surface area contributed by atoms with Crippen LogP contribution in [-0.2, 0) is 19.4 Å². The number of nitro benzene ring substituents is 1. The van der Waals surface area contributed by atoms with E-state index in [0.717, 1.165) is 11.3 Å². The number of ether oxygens (including phenoxy) is 1. The maximum atomic E-state index is 12.7. The van der Waals surface area contributed by atoms with Crippen molar-refractivity contribution in [2.45, 2.75) is 32.4 Å². The van der Waals surface area contributed by atoms with E-state index in [1.165, 1.54) is 30.0 Å². The molecule has 1 aliphatic rings. The molecule has 156 valence electrons. The van der Waals surface area contributed by atoms with Gasteiger partial charge in [0.25, 0.3) is 11.6 Å². The predicted molar refractivity (Wildman–Crippen MR) is 108 cm³/mol. The van der Waals surface area contributed by atoms with Crippen LogP contribution < -0.4 is 0 Å². The van der Waals surface area contributed by atoms with Gasteiger partial charge in [-0.1, -0.05) is 0 Å². The maximum absolute atomic E-state index is 12.7. The summed E-state index contributed by atoms with van der Waals surface area (Å²) in [5.74, 6) is -1.18. The second-order valence-corrected chi connectivity index (χ2v) is 10.1. The van der Waals surface area contributed by atoms with Crippen LogP contribution in [0.5, 0.6) is 0 Å². The molecule has 1 amide bonds. The summed E-state index contributed by atoms with van der Waals surface area (Å²) in [5, 5.41) is 11.4. The number of likely N-dealkylation sites (N-methyl/N-ethyl adjacent to an activating group) is 1. The molecule has 2 aromatic rings. The second-order valence-electron chi connectivity index (χ2n) is 6.82. The van der Waals surface area contributed by atoms with Gasteiger partial charge in [-0.25, -0.2) is 13.2 Å². The van der Waals surface area contributed by atoms with Crippen LogP contribution in [-0.4, -0.2) is 60.3 Å². The molecule has 2 atom stereocenters. The number of non-ortho nitro benzene ring substituents is 1. The van der Waals surface area contributed by atoms with E-state index < -0.39 is 38.8 Å². The smallest absolute Gasteiger partial charge is 0.349 e. The molecule has 2 unspecified atom stereocenters. The summed E-state index contributed by atoms with van der Waals surface area (Å²) in [4.78, 5) is 37.2. The van der Waals surface area contributed by atoms with Gasteiger partial charge < -0.3 is 9.64 Å². The number of carbonyl (C=O) groups excluding carboxylic acids is 2. The first kappa shape index (κ1) is 21.2. The Bertz CT molecular complexity index is 1080. The van der Waals surface area contributed by atoms with Crippen LogP contribution >= 0.6 is 11.3 Å². The van der Waals surface area contributed by atoms with Gasteiger partial charge in [-0.2, -0.15) is 0 Å². The van der Waals surface area contributed by atoms with Gasteiger partial charge in [-0.05, 0) is 32.4 Å². The quantitative estimate of drug-likeness (QED) is 0.384. The third-order valence-corrected chi connectivity index (χ3v) is 7.66. The van der Waals surface area contributed by atoms with Crippen molar-refractivity contribution in [3.05, 3.63) is 39.3 Å². The average molecular weight is 440 g/mol. The van der Waals surface area contributed by atoms with Gasteiger partial charge in [0, 0.05) is 34.8 Å². The molecule has 0 saturated carbocycles. The first-order chi connectivity index (χ1) is 13.6. The van der Waals surface area contributed by atoms with Crippen LogP contribution in [0, 0.1) is 10.1 Å². The van der Waals surface area contributed by atoms with E-state index in [9.17, 15) is 28.1 Å². The fourth-order valence-corrected chi connectivity index (χ4v) is 6.02. The van der Waals surface area contributed by atoms with Crippen LogP contribution in [0.4, 0.5) is 5.69 Å². The van der Waals surface area contributed by atoms with Gasteiger partial charge in [0.1, 0.15) is 4.88 Å². The highest BCUT2D eigenvalue weighted by atomic mass is 32.2. The lowest BCUT2D eigenvalue weighted by molar-refractivity contribution is -0.384. The summed E-state index contributed by atoms with van der Waals surface area (Å²) >= 11 is 1.12. The topological polar surface area (TPSA) is 124 Å². The molecule has 3 rings (SSSR count). The molecule has 9 nitrogen and oxygen atoms in total. The number of hydrogen-bond acceptors (Lipinski definition) is 8. The van der Waals surface area contributed by atoms with E-state index in [0.29, 0.717) is 23.1 Å². The monoisotopic (exact) mass is 440 g/mol. The second kappa shape index (κ2) is 8.07. The number of benzene rings is 1. The number of esters is 1. The van der Waals surface area contributed by atoms with Gasteiger partial charge >= 0.3 is 5.97 Å². The lowest BCUT2D eigenvalue weighted by Gasteiger charge is -2.29. The van der Waals surface area contributed by atoms with Crippen molar-refractivity contribution in [2.75, 3.05) is 18.1 Å². The van der Waals surface area contributed by atoms with Gasteiger partial charge in [0.15, 0.2) is 15.9 Å². The van der Waals surface area contributed by atoms with Crippen LogP contribution in [0.15, 0.2) is 24.3 Å². The Hall–Kier alpha value is -2.53. The summed E-state index contributed by atoms with van der Waals surface area (Å²) in [7, 11) is -3.15. The normalized spacial score (nSPS) is 19.0. The molecule has 29 heavy (non-hydrogen) atoms. The van der Waals surface area contributed by atoms with E-state index in [2.05, 4.69) is 0 Å². The Balaban J connectivity index is 1.71. The Morgan fingerprint density at radius 3 is 2.69 bits per heavy atom. The Morgan fingerprint density at radius 2 is 2.10 bits per heavy atom. The maximum Gasteiger partial charge on any atom is 0.349 e. The minimum Gasteiger partial charge on any atom is -0.448 e. The molecule has 0 radical (unpaired) electrons. The van der Waals surface area contributed by atoms with Crippen molar-refractivity contribution in [1.29, 1.82) is 0 Å². The molecule has 0 spiro atoms. The molecule has 1 aliphatic heterocycles. The fraction of sp³-hybridized carbons (Fsp3) is 0.444. The molecule has 1 fully saturated rings. The van der Waals surface area contributed by atoms with Crippen LogP contribution in [0.25, 0.3) is 10.1 Å². The molecule has 0 aliphatic carbocycles. The van der Waals surface area contributed by atoms with Gasteiger partial charge in [0.05, 0.1) is 16.4 Å². The number of sulfone groups is 1. The summed E-state index contributed by atoms with van der Waals surface area (Å²) in [5.41, 5.74) is -0.0798. The Labute approximate surface area is 171 Å². The zero-order chi connectivity index (χ0) is 21.3. The lowest BCUT2D eigenvalue weighted by atomic mass is 10.2. The van der Waals surface area contributed by atoms with Crippen LogP contribution in [0.1, 0.15) is 29.9 Å². The zero-order valence-electron chi connectivity index (χ0n) is 15.9. The number of nitrogens with zero attached hydrogens (tertiary/aromatic N) is 2. The number of nitro groups is 1. The highest BCUT2D eigenvalue weighted by molar-refractivity contribution is 7.91. The van der Waals surface area contributed by atoms with Crippen molar-refractivity contribution in [3.8, 4) is 0 Å². The summed E-state index contributed by atoms with van der Waals surface area (Å²) in [6, 6.07) is 5.37. The molecule has 1 saturated heterocycles. The molecule has 0 N–H and O–H groups in total. The van der Waals surface area contributed by atoms with E-state index in [1.807, 2.05) is 0 Å². The molecule has 1 aromatic heterocycles. The molecule has 0 bridgehead atoms. The third kappa shape index (κ3) is 4.56. The largest absolute Gasteiger partial charge is 0.448 e. The number of amides is 1. The fourth-order valence-electron chi connectivity index (χ4n) is 3.36. The number of fused-ring (bicyclic) bond motifs is 1. The SMILES string of the molecule is CCN(C(=O)C(C)OC(=O)c1cc2cc([N+](=O)[O-])ccc2s1)C1CCS(=O)(=O)C1. The van der Waals surface area contributed by atoms with E-state index in [1.54, 1.807) is 13.0 Å². The number of hydrogen-bond donors (Lipinski definition) is 0. The van der Waals surface area contributed by atoms with Crippen LogP contribution in [0.2, 0.25) is 0 Å². The average Bonchev–Trinajstić information content (AvgIpc) is 3.24. The van der Waals surface area contributed by atoms with Crippen molar-refractivity contribution in [3.63, 3.8) is 0 Å². The minimum absolute atomic E-state index is 0.0452. The Kier molecular flexibility index (Phi) is 5.90. The molecule has 11 heteroatoms. The number of thiophene rings is 1. The highest BCUT2D eigenvalue weighted by Gasteiger charge is 2.36. The van der Waals surface area contributed by atoms with E-state index in [-0.39, 0.29) is 22.1 Å². The first-order valence-corrected chi connectivity index (χ1v) is 11.6. The summed E-state index contributed by atoms with van der Waals surface area (Å²) in [6.45, 7) is 3.51. The number of carbonyl (C=O) groups is 2. The van der Waals surface area contributed by atoms with Crippen molar-refractivity contribution >= 4 is 48.8 Å². The zero-order valence-corrected chi connectivity index (χ0v) is 17.5. The highest BCUT2D eigenvalue weighted by Crippen LogP contribution is 2.29. The molecule has 2 heterocycles. The third-order valence-electron chi connectivity index (χ3n) is 4.82. The summed E-state index contributed by atoms with van der Waals surface area (Å²) < 4.78 is 29.4. The van der Waals surface area contributed by atoms with Crippen molar-refractivity contribution in [1.82, 2.24) is 4.90 Å².